The Hall–Kier alpha value is -1.32. The van der Waals surface area contributed by atoms with E-state index in [1.165, 1.54) is 32.1 Å². The molecule has 0 atom stereocenters. The molecule has 0 radical (unpaired) electrons. The highest BCUT2D eigenvalue weighted by atomic mass is 16.1. The number of nitrogens with one attached hydrogen (secondary N) is 2. The van der Waals surface area contributed by atoms with Crippen LogP contribution in [-0.4, -0.2) is 15.9 Å². The number of amides is 1. The molecule has 4 heteroatoms. The maximum absolute atomic E-state index is 11.7. The number of imidazole rings is 1. The van der Waals surface area contributed by atoms with E-state index in [0.29, 0.717) is 18.9 Å². The van der Waals surface area contributed by atoms with E-state index >= 15 is 0 Å². The van der Waals surface area contributed by atoms with Crippen molar-refractivity contribution in [3.8, 4) is 0 Å². The molecule has 1 saturated carbocycles. The molecule has 1 amide bonds. The van der Waals surface area contributed by atoms with Gasteiger partial charge in [-0.2, -0.15) is 0 Å². The average Bonchev–Trinajstić information content (AvgIpc) is 2.81. The zero-order valence-corrected chi connectivity index (χ0v) is 9.54. The van der Waals surface area contributed by atoms with Gasteiger partial charge in [0, 0.05) is 18.8 Å². The van der Waals surface area contributed by atoms with Gasteiger partial charge in [-0.05, 0) is 18.8 Å². The second-order valence-electron chi connectivity index (χ2n) is 4.52. The topological polar surface area (TPSA) is 57.8 Å². The van der Waals surface area contributed by atoms with E-state index in [-0.39, 0.29) is 5.91 Å². The molecular weight excluding hydrogens is 202 g/mol. The van der Waals surface area contributed by atoms with Crippen molar-refractivity contribution in [2.75, 3.05) is 0 Å². The van der Waals surface area contributed by atoms with Gasteiger partial charge in [-0.25, -0.2) is 4.98 Å². The Balaban J connectivity index is 1.67. The van der Waals surface area contributed by atoms with Gasteiger partial charge in [0.2, 0.25) is 5.91 Å². The van der Waals surface area contributed by atoms with Crippen LogP contribution < -0.4 is 5.32 Å². The van der Waals surface area contributed by atoms with Crippen molar-refractivity contribution in [2.45, 2.75) is 45.1 Å². The highest BCUT2D eigenvalue weighted by molar-refractivity contribution is 5.76. The molecule has 0 bridgehead atoms. The van der Waals surface area contributed by atoms with Crippen molar-refractivity contribution >= 4 is 5.91 Å². The molecular formula is C12H19N3O. The number of aromatic nitrogens is 2. The van der Waals surface area contributed by atoms with Crippen molar-refractivity contribution < 1.29 is 4.79 Å². The van der Waals surface area contributed by atoms with E-state index in [0.717, 1.165) is 5.82 Å². The van der Waals surface area contributed by atoms with E-state index in [4.69, 9.17) is 0 Å². The van der Waals surface area contributed by atoms with Crippen LogP contribution in [-0.2, 0) is 11.3 Å². The van der Waals surface area contributed by atoms with Crippen LogP contribution in [0.4, 0.5) is 0 Å². The zero-order valence-electron chi connectivity index (χ0n) is 9.54. The maximum Gasteiger partial charge on any atom is 0.220 e. The minimum Gasteiger partial charge on any atom is -0.349 e. The van der Waals surface area contributed by atoms with Gasteiger partial charge in [-0.15, -0.1) is 0 Å². The van der Waals surface area contributed by atoms with Gasteiger partial charge >= 0.3 is 0 Å². The molecule has 2 N–H and O–H groups in total. The molecule has 88 valence electrons. The first kappa shape index (κ1) is 11.2. The number of carbonyl (C=O) groups excluding carboxylic acids is 1. The Kier molecular flexibility index (Phi) is 3.97. The third-order valence-electron chi connectivity index (χ3n) is 3.21. The molecule has 1 aliphatic rings. The Morgan fingerprint density at radius 1 is 1.44 bits per heavy atom. The third kappa shape index (κ3) is 3.36. The van der Waals surface area contributed by atoms with Crippen LogP contribution in [0, 0.1) is 5.92 Å². The van der Waals surface area contributed by atoms with E-state index in [1.54, 1.807) is 12.4 Å². The standard InChI is InChI=1S/C12H19N3O/c16-12(8-10-4-2-1-3-5-10)15-9-11-13-6-7-14-11/h6-7,10H,1-5,8-9H2,(H,13,14)(H,15,16). The lowest BCUT2D eigenvalue weighted by Gasteiger charge is -2.20. The molecule has 1 fully saturated rings. The summed E-state index contributed by atoms with van der Waals surface area (Å²) in [7, 11) is 0. The number of nitrogens with zero attached hydrogens (tertiary/aromatic N) is 1. The van der Waals surface area contributed by atoms with Crippen LogP contribution in [0.5, 0.6) is 0 Å². The Labute approximate surface area is 95.9 Å². The Morgan fingerprint density at radius 2 is 2.25 bits per heavy atom. The first-order chi connectivity index (χ1) is 7.84. The first-order valence-corrected chi connectivity index (χ1v) is 6.09. The monoisotopic (exact) mass is 221 g/mol. The summed E-state index contributed by atoms with van der Waals surface area (Å²) in [6.45, 7) is 0.512. The summed E-state index contributed by atoms with van der Waals surface area (Å²) in [5, 5.41) is 2.90. The SMILES string of the molecule is O=C(CC1CCCCC1)NCc1ncc[nH]1. The predicted molar refractivity (Wildman–Crippen MR) is 61.6 cm³/mol. The highest BCUT2D eigenvalue weighted by Gasteiger charge is 2.16. The molecule has 4 nitrogen and oxygen atoms in total. The number of H-pyrrole nitrogens is 1. The molecule has 1 heterocycles. The lowest BCUT2D eigenvalue weighted by Crippen LogP contribution is -2.26. The number of rotatable bonds is 4. The fraction of sp³-hybridized carbons (Fsp3) is 0.667. The third-order valence-corrected chi connectivity index (χ3v) is 3.21. The van der Waals surface area contributed by atoms with Crippen LogP contribution >= 0.6 is 0 Å². The lowest BCUT2D eigenvalue weighted by molar-refractivity contribution is -0.122. The van der Waals surface area contributed by atoms with E-state index in [2.05, 4.69) is 15.3 Å². The van der Waals surface area contributed by atoms with Gasteiger partial charge in [-0.3, -0.25) is 4.79 Å². The molecule has 1 aromatic rings. The van der Waals surface area contributed by atoms with Crippen molar-refractivity contribution in [3.05, 3.63) is 18.2 Å². The second kappa shape index (κ2) is 5.68. The summed E-state index contributed by atoms with van der Waals surface area (Å²) < 4.78 is 0. The van der Waals surface area contributed by atoms with Crippen molar-refractivity contribution in [3.63, 3.8) is 0 Å². The van der Waals surface area contributed by atoms with Gasteiger partial charge < -0.3 is 10.3 Å². The number of hydrogen-bond donors (Lipinski definition) is 2. The minimum atomic E-state index is 0.156. The number of hydrogen-bond acceptors (Lipinski definition) is 2. The molecule has 0 spiro atoms. The van der Waals surface area contributed by atoms with Crippen molar-refractivity contribution in [2.24, 2.45) is 5.92 Å². The van der Waals surface area contributed by atoms with Crippen LogP contribution in [0.2, 0.25) is 0 Å². The molecule has 0 aliphatic heterocycles. The summed E-state index contributed by atoms with van der Waals surface area (Å²) in [4.78, 5) is 18.7. The molecule has 0 unspecified atom stereocenters. The van der Waals surface area contributed by atoms with Crippen LogP contribution in [0.25, 0.3) is 0 Å². The predicted octanol–water partition coefficient (Wildman–Crippen LogP) is 2.00. The zero-order chi connectivity index (χ0) is 11.2. The molecule has 1 aromatic heterocycles. The molecule has 0 aromatic carbocycles. The Bertz CT molecular complexity index is 315. The fourth-order valence-electron chi connectivity index (χ4n) is 2.30. The summed E-state index contributed by atoms with van der Waals surface area (Å²) in [6, 6.07) is 0. The lowest BCUT2D eigenvalue weighted by atomic mass is 9.87. The molecule has 2 rings (SSSR count). The van der Waals surface area contributed by atoms with Gasteiger partial charge in [-0.1, -0.05) is 19.3 Å². The first-order valence-electron chi connectivity index (χ1n) is 6.09. The summed E-state index contributed by atoms with van der Waals surface area (Å²) in [5.74, 6) is 1.57. The van der Waals surface area contributed by atoms with Crippen molar-refractivity contribution in [1.82, 2.24) is 15.3 Å². The van der Waals surface area contributed by atoms with Gasteiger partial charge in [0.1, 0.15) is 5.82 Å². The normalized spacial score (nSPS) is 17.2. The van der Waals surface area contributed by atoms with E-state index in [9.17, 15) is 4.79 Å². The van der Waals surface area contributed by atoms with Gasteiger partial charge in [0.05, 0.1) is 6.54 Å². The molecule has 0 saturated heterocycles. The smallest absolute Gasteiger partial charge is 0.220 e. The quantitative estimate of drug-likeness (QED) is 0.817. The second-order valence-corrected chi connectivity index (χ2v) is 4.52. The van der Waals surface area contributed by atoms with Gasteiger partial charge in [0.15, 0.2) is 0 Å². The van der Waals surface area contributed by atoms with E-state index < -0.39 is 0 Å². The van der Waals surface area contributed by atoms with Crippen molar-refractivity contribution in [1.29, 1.82) is 0 Å². The van der Waals surface area contributed by atoms with Crippen LogP contribution in [0.3, 0.4) is 0 Å². The van der Waals surface area contributed by atoms with E-state index in [1.807, 2.05) is 0 Å². The molecule has 1 aliphatic carbocycles. The fourth-order valence-corrected chi connectivity index (χ4v) is 2.30. The summed E-state index contributed by atoms with van der Waals surface area (Å²) in [5.41, 5.74) is 0. The average molecular weight is 221 g/mol. The number of carbonyl (C=O) groups is 1. The maximum atomic E-state index is 11.7. The minimum absolute atomic E-state index is 0.156. The Morgan fingerprint density at radius 3 is 2.94 bits per heavy atom. The number of aromatic amines is 1. The van der Waals surface area contributed by atoms with Crippen LogP contribution in [0.1, 0.15) is 44.3 Å². The summed E-state index contributed by atoms with van der Waals surface area (Å²) >= 11 is 0. The largest absolute Gasteiger partial charge is 0.349 e. The van der Waals surface area contributed by atoms with Crippen LogP contribution in [0.15, 0.2) is 12.4 Å². The summed E-state index contributed by atoms with van der Waals surface area (Å²) in [6.07, 6.45) is 10.5. The highest BCUT2D eigenvalue weighted by Crippen LogP contribution is 2.25. The molecule has 16 heavy (non-hydrogen) atoms. The van der Waals surface area contributed by atoms with Gasteiger partial charge in [0.25, 0.3) is 0 Å².